The lowest BCUT2D eigenvalue weighted by Gasteiger charge is -2.32. The third-order valence-electron chi connectivity index (χ3n) is 4.63. The molecule has 5 heteroatoms. The lowest BCUT2D eigenvalue weighted by Crippen LogP contribution is -2.36. The molecular weight excluding hydrogens is 320 g/mol. The molecule has 0 saturated carbocycles. The standard InChI is InChI=1S/C19H25ClN4/c1-2-4-17-12-18(24-9-7-14(13-21)8-10-24)23-19(22-17)15-5-3-6-16(20)11-15/h3,5-6,11-12,14H,2,4,7-10,13,21H2,1H3. The van der Waals surface area contributed by atoms with Crippen molar-refractivity contribution in [3.8, 4) is 11.4 Å². The monoisotopic (exact) mass is 344 g/mol. The van der Waals surface area contributed by atoms with Crippen molar-refractivity contribution in [3.05, 3.63) is 41.0 Å². The second-order valence-electron chi connectivity index (χ2n) is 6.47. The first-order chi connectivity index (χ1) is 11.7. The van der Waals surface area contributed by atoms with Crippen LogP contribution in [-0.2, 0) is 6.42 Å². The van der Waals surface area contributed by atoms with E-state index in [0.29, 0.717) is 10.9 Å². The Bertz CT molecular complexity index is 681. The van der Waals surface area contributed by atoms with E-state index < -0.39 is 0 Å². The third-order valence-corrected chi connectivity index (χ3v) is 4.86. The summed E-state index contributed by atoms with van der Waals surface area (Å²) in [7, 11) is 0. The van der Waals surface area contributed by atoms with Gasteiger partial charge in [0.1, 0.15) is 5.82 Å². The Morgan fingerprint density at radius 2 is 2.00 bits per heavy atom. The van der Waals surface area contributed by atoms with E-state index >= 15 is 0 Å². The molecule has 2 aromatic rings. The molecule has 1 aliphatic rings. The minimum absolute atomic E-state index is 0.644. The lowest BCUT2D eigenvalue weighted by molar-refractivity contribution is 0.413. The van der Waals surface area contributed by atoms with Gasteiger partial charge in [-0.25, -0.2) is 9.97 Å². The first-order valence-electron chi connectivity index (χ1n) is 8.78. The summed E-state index contributed by atoms with van der Waals surface area (Å²) in [4.78, 5) is 11.9. The molecule has 0 radical (unpaired) electrons. The van der Waals surface area contributed by atoms with Crippen molar-refractivity contribution in [2.24, 2.45) is 11.7 Å². The summed E-state index contributed by atoms with van der Waals surface area (Å²) in [5.41, 5.74) is 7.88. The number of rotatable bonds is 5. The van der Waals surface area contributed by atoms with Gasteiger partial charge in [-0.05, 0) is 43.9 Å². The van der Waals surface area contributed by atoms with Crippen molar-refractivity contribution in [1.29, 1.82) is 0 Å². The molecule has 128 valence electrons. The van der Waals surface area contributed by atoms with Crippen LogP contribution in [0.3, 0.4) is 0 Å². The van der Waals surface area contributed by atoms with Gasteiger partial charge in [-0.15, -0.1) is 0 Å². The molecule has 0 spiro atoms. The molecule has 0 atom stereocenters. The quantitative estimate of drug-likeness (QED) is 0.893. The average Bonchev–Trinajstić information content (AvgIpc) is 2.62. The molecule has 0 amide bonds. The Hall–Kier alpha value is -1.65. The molecule has 1 aromatic heterocycles. The first kappa shape index (κ1) is 17.2. The fourth-order valence-corrected chi connectivity index (χ4v) is 3.37. The van der Waals surface area contributed by atoms with Gasteiger partial charge in [-0.2, -0.15) is 0 Å². The molecule has 1 aromatic carbocycles. The molecule has 0 aliphatic carbocycles. The van der Waals surface area contributed by atoms with Crippen LogP contribution in [-0.4, -0.2) is 29.6 Å². The first-order valence-corrected chi connectivity index (χ1v) is 9.16. The van der Waals surface area contributed by atoms with Crippen LogP contribution >= 0.6 is 11.6 Å². The number of aryl methyl sites for hydroxylation is 1. The molecule has 0 bridgehead atoms. The zero-order valence-corrected chi connectivity index (χ0v) is 15.0. The van der Waals surface area contributed by atoms with E-state index in [1.807, 2.05) is 24.3 Å². The van der Waals surface area contributed by atoms with Gasteiger partial charge >= 0.3 is 0 Å². The number of hydrogen-bond acceptors (Lipinski definition) is 4. The van der Waals surface area contributed by atoms with Gasteiger partial charge in [-0.1, -0.05) is 37.1 Å². The molecule has 1 aliphatic heterocycles. The number of nitrogens with zero attached hydrogens (tertiary/aromatic N) is 3. The van der Waals surface area contributed by atoms with Crippen molar-refractivity contribution in [3.63, 3.8) is 0 Å². The van der Waals surface area contributed by atoms with E-state index in [1.165, 1.54) is 0 Å². The van der Waals surface area contributed by atoms with Gasteiger partial charge in [0, 0.05) is 35.4 Å². The highest BCUT2D eigenvalue weighted by atomic mass is 35.5. The maximum Gasteiger partial charge on any atom is 0.161 e. The number of piperidine rings is 1. The van der Waals surface area contributed by atoms with Crippen LogP contribution in [0.5, 0.6) is 0 Å². The van der Waals surface area contributed by atoms with Gasteiger partial charge in [0.05, 0.1) is 0 Å². The Kier molecular flexibility index (Phi) is 5.69. The normalized spacial score (nSPS) is 15.7. The summed E-state index contributed by atoms with van der Waals surface area (Å²) in [5, 5.41) is 0.710. The topological polar surface area (TPSA) is 55.0 Å². The van der Waals surface area contributed by atoms with E-state index in [-0.39, 0.29) is 0 Å². The summed E-state index contributed by atoms with van der Waals surface area (Å²) in [6, 6.07) is 9.90. The Labute approximate surface area is 149 Å². The molecule has 3 rings (SSSR count). The number of hydrogen-bond donors (Lipinski definition) is 1. The zero-order chi connectivity index (χ0) is 16.9. The van der Waals surface area contributed by atoms with Crippen molar-refractivity contribution < 1.29 is 0 Å². The highest BCUT2D eigenvalue weighted by molar-refractivity contribution is 6.30. The molecule has 2 heterocycles. The largest absolute Gasteiger partial charge is 0.356 e. The fourth-order valence-electron chi connectivity index (χ4n) is 3.18. The molecule has 1 saturated heterocycles. The summed E-state index contributed by atoms with van der Waals surface area (Å²) in [6.07, 6.45) is 4.30. The predicted octanol–water partition coefficient (Wildman–Crippen LogP) is 3.92. The second kappa shape index (κ2) is 7.95. The molecule has 0 unspecified atom stereocenters. The van der Waals surface area contributed by atoms with Crippen molar-refractivity contribution in [2.45, 2.75) is 32.6 Å². The van der Waals surface area contributed by atoms with Crippen LogP contribution in [0.25, 0.3) is 11.4 Å². The number of halogens is 1. The molecule has 2 N–H and O–H groups in total. The Morgan fingerprint density at radius 3 is 2.67 bits per heavy atom. The Morgan fingerprint density at radius 1 is 1.21 bits per heavy atom. The van der Waals surface area contributed by atoms with E-state index in [1.54, 1.807) is 0 Å². The smallest absolute Gasteiger partial charge is 0.161 e. The predicted molar refractivity (Wildman–Crippen MR) is 100 cm³/mol. The van der Waals surface area contributed by atoms with Crippen molar-refractivity contribution in [1.82, 2.24) is 9.97 Å². The highest BCUT2D eigenvalue weighted by Gasteiger charge is 2.20. The zero-order valence-electron chi connectivity index (χ0n) is 14.2. The van der Waals surface area contributed by atoms with E-state index in [0.717, 1.165) is 68.2 Å². The van der Waals surface area contributed by atoms with E-state index in [2.05, 4.69) is 17.9 Å². The number of benzene rings is 1. The molecule has 24 heavy (non-hydrogen) atoms. The van der Waals surface area contributed by atoms with Crippen molar-refractivity contribution >= 4 is 17.4 Å². The molecule has 1 fully saturated rings. The maximum absolute atomic E-state index is 6.14. The minimum atomic E-state index is 0.644. The van der Waals surface area contributed by atoms with Crippen LogP contribution in [0.4, 0.5) is 5.82 Å². The third kappa shape index (κ3) is 4.05. The average molecular weight is 345 g/mol. The number of aromatic nitrogens is 2. The number of nitrogens with two attached hydrogens (primary N) is 1. The van der Waals surface area contributed by atoms with Gasteiger partial charge < -0.3 is 10.6 Å². The van der Waals surface area contributed by atoms with E-state index in [4.69, 9.17) is 27.3 Å². The van der Waals surface area contributed by atoms with Crippen LogP contribution in [0.15, 0.2) is 30.3 Å². The second-order valence-corrected chi connectivity index (χ2v) is 6.90. The number of anilines is 1. The van der Waals surface area contributed by atoms with Gasteiger partial charge in [-0.3, -0.25) is 0 Å². The minimum Gasteiger partial charge on any atom is -0.356 e. The lowest BCUT2D eigenvalue weighted by atomic mass is 9.97. The van der Waals surface area contributed by atoms with E-state index in [9.17, 15) is 0 Å². The molecule has 4 nitrogen and oxygen atoms in total. The fraction of sp³-hybridized carbons (Fsp3) is 0.474. The Balaban J connectivity index is 1.91. The van der Waals surface area contributed by atoms with Crippen LogP contribution in [0, 0.1) is 5.92 Å². The molecular formula is C19H25ClN4. The van der Waals surface area contributed by atoms with Crippen molar-refractivity contribution in [2.75, 3.05) is 24.5 Å². The van der Waals surface area contributed by atoms with Crippen LogP contribution in [0.1, 0.15) is 31.9 Å². The maximum atomic E-state index is 6.14. The van der Waals surface area contributed by atoms with Crippen LogP contribution < -0.4 is 10.6 Å². The van der Waals surface area contributed by atoms with Gasteiger partial charge in [0.15, 0.2) is 5.82 Å². The van der Waals surface area contributed by atoms with Gasteiger partial charge in [0.25, 0.3) is 0 Å². The SMILES string of the molecule is CCCc1cc(N2CCC(CN)CC2)nc(-c2cccc(Cl)c2)n1. The summed E-state index contributed by atoms with van der Waals surface area (Å²) in [5.74, 6) is 2.43. The summed E-state index contributed by atoms with van der Waals surface area (Å²) >= 11 is 6.14. The van der Waals surface area contributed by atoms with Crippen LogP contribution in [0.2, 0.25) is 5.02 Å². The summed E-state index contributed by atoms with van der Waals surface area (Å²) < 4.78 is 0. The summed E-state index contributed by atoms with van der Waals surface area (Å²) in [6.45, 7) is 4.99. The highest BCUT2D eigenvalue weighted by Crippen LogP contribution is 2.26. The van der Waals surface area contributed by atoms with Gasteiger partial charge in [0.2, 0.25) is 0 Å².